The molecule has 0 heterocycles. The molecule has 2 aromatic rings. The van der Waals surface area contributed by atoms with Gasteiger partial charge in [0.25, 0.3) is 5.91 Å². The van der Waals surface area contributed by atoms with E-state index in [0.29, 0.717) is 12.1 Å². The number of carbonyl (C=O) groups excluding carboxylic acids is 1. The second-order valence-electron chi connectivity index (χ2n) is 6.04. The van der Waals surface area contributed by atoms with Crippen molar-refractivity contribution >= 4 is 5.91 Å². The fourth-order valence-electron chi connectivity index (χ4n) is 2.48. The van der Waals surface area contributed by atoms with Gasteiger partial charge >= 0.3 is 0 Å². The third-order valence-corrected chi connectivity index (χ3v) is 3.88. The molecule has 0 spiro atoms. The number of aryl methyl sites for hydroxylation is 1. The Morgan fingerprint density at radius 2 is 1.72 bits per heavy atom. The second-order valence-corrected chi connectivity index (χ2v) is 6.04. The lowest BCUT2D eigenvalue weighted by Crippen LogP contribution is -2.27. The van der Waals surface area contributed by atoms with Gasteiger partial charge in [0.15, 0.2) is 0 Å². The summed E-state index contributed by atoms with van der Waals surface area (Å²) < 4.78 is 0. The summed E-state index contributed by atoms with van der Waals surface area (Å²) in [6, 6.07) is 16.4. The maximum Gasteiger partial charge on any atom is 0.251 e. The maximum atomic E-state index is 12.1. The average molecular weight is 343 g/mol. The number of amides is 1. The Kier molecular flexibility index (Phi) is 9.56. The first kappa shape index (κ1) is 20.9. The van der Waals surface area contributed by atoms with E-state index in [4.69, 9.17) is 0 Å². The first-order valence-corrected chi connectivity index (χ1v) is 9.22. The minimum Gasteiger partial charge on any atom is -0.352 e. The summed E-state index contributed by atoms with van der Waals surface area (Å²) in [7, 11) is 4.07. The van der Waals surface area contributed by atoms with Gasteiger partial charge in [-0.05, 0) is 62.3 Å². The molecule has 138 valence electrons. The zero-order valence-corrected chi connectivity index (χ0v) is 16.3. The van der Waals surface area contributed by atoms with E-state index in [1.54, 1.807) is 0 Å². The lowest BCUT2D eigenvalue weighted by Gasteiger charge is -2.10. The van der Waals surface area contributed by atoms with E-state index >= 15 is 0 Å². The fourth-order valence-corrected chi connectivity index (χ4v) is 2.48. The zero-order valence-electron chi connectivity index (χ0n) is 16.3. The van der Waals surface area contributed by atoms with Crippen LogP contribution >= 0.6 is 0 Å². The van der Waals surface area contributed by atoms with Crippen molar-refractivity contribution in [2.24, 2.45) is 0 Å². The Balaban J connectivity index is 0.00000201. The standard InChI is InChI=1S/C20H26N2O.C2H6.H2/c1-4-16-7-5-8-19(15-16)17-9-11-18(12-10-17)20(23)21-13-6-14-22(2)3;1-2;/h5,7-12,15H,4,6,13-14H2,1-3H3,(H,21,23);1-2H3;1H. The molecule has 1 amide bonds. The molecular formula is C22H34N2O. The van der Waals surface area contributed by atoms with Gasteiger partial charge in [-0.15, -0.1) is 0 Å². The van der Waals surface area contributed by atoms with Crippen LogP contribution in [0.25, 0.3) is 11.1 Å². The molecule has 0 atom stereocenters. The molecule has 0 saturated heterocycles. The molecule has 0 aromatic heterocycles. The molecule has 0 aliphatic heterocycles. The summed E-state index contributed by atoms with van der Waals surface area (Å²) in [6.07, 6.45) is 1.99. The van der Waals surface area contributed by atoms with Crippen molar-refractivity contribution in [1.29, 1.82) is 0 Å². The summed E-state index contributed by atoms with van der Waals surface area (Å²) in [4.78, 5) is 14.2. The van der Waals surface area contributed by atoms with Crippen LogP contribution in [-0.2, 0) is 6.42 Å². The van der Waals surface area contributed by atoms with Crippen LogP contribution in [0.2, 0.25) is 0 Å². The van der Waals surface area contributed by atoms with Gasteiger partial charge in [0.05, 0.1) is 0 Å². The van der Waals surface area contributed by atoms with E-state index in [9.17, 15) is 4.79 Å². The third kappa shape index (κ3) is 7.10. The Morgan fingerprint density at radius 1 is 1.04 bits per heavy atom. The molecule has 1 N–H and O–H groups in total. The number of benzene rings is 2. The quantitative estimate of drug-likeness (QED) is 0.728. The molecule has 3 heteroatoms. The zero-order chi connectivity index (χ0) is 18.7. The molecule has 0 radical (unpaired) electrons. The highest BCUT2D eigenvalue weighted by atomic mass is 16.1. The summed E-state index contributed by atoms with van der Waals surface area (Å²) >= 11 is 0. The van der Waals surface area contributed by atoms with Gasteiger partial charge in [-0.3, -0.25) is 4.79 Å². The maximum absolute atomic E-state index is 12.1. The van der Waals surface area contributed by atoms with E-state index in [0.717, 1.165) is 24.9 Å². The van der Waals surface area contributed by atoms with Gasteiger partial charge in [0, 0.05) is 13.5 Å². The van der Waals surface area contributed by atoms with Gasteiger partial charge in [0.1, 0.15) is 0 Å². The molecule has 3 nitrogen and oxygen atoms in total. The van der Waals surface area contributed by atoms with Crippen molar-refractivity contribution < 1.29 is 6.22 Å². The largest absolute Gasteiger partial charge is 0.352 e. The minimum atomic E-state index is -0.00221. The first-order chi connectivity index (χ1) is 12.1. The third-order valence-electron chi connectivity index (χ3n) is 3.88. The molecule has 2 aromatic carbocycles. The van der Waals surface area contributed by atoms with E-state index in [-0.39, 0.29) is 7.33 Å². The molecule has 0 aliphatic carbocycles. The van der Waals surface area contributed by atoms with Crippen LogP contribution in [0.4, 0.5) is 0 Å². The van der Waals surface area contributed by atoms with Gasteiger partial charge in [-0.25, -0.2) is 0 Å². The predicted octanol–water partition coefficient (Wildman–Crippen LogP) is 4.87. The number of nitrogens with one attached hydrogen (secondary N) is 1. The Bertz CT molecular complexity index is 639. The van der Waals surface area contributed by atoms with Crippen molar-refractivity contribution in [1.82, 2.24) is 10.2 Å². The molecule has 0 fully saturated rings. The van der Waals surface area contributed by atoms with Crippen molar-refractivity contribution in [3.8, 4) is 11.1 Å². The van der Waals surface area contributed by atoms with E-state index in [1.165, 1.54) is 11.1 Å². The molecule has 25 heavy (non-hydrogen) atoms. The SMILES string of the molecule is CC.CCc1cccc(-c2ccc(C(=O)NCCCN(C)C)cc2)c1.[HH]. The van der Waals surface area contributed by atoms with Gasteiger partial charge in [0.2, 0.25) is 0 Å². The number of hydrogen-bond donors (Lipinski definition) is 1. The summed E-state index contributed by atoms with van der Waals surface area (Å²) in [5.74, 6) is -0.00221. The topological polar surface area (TPSA) is 32.3 Å². The molecule has 0 aliphatic rings. The predicted molar refractivity (Wildman–Crippen MR) is 110 cm³/mol. The number of carbonyl (C=O) groups is 1. The number of rotatable bonds is 7. The van der Waals surface area contributed by atoms with Crippen LogP contribution < -0.4 is 5.32 Å². The van der Waals surface area contributed by atoms with Crippen molar-refractivity contribution in [2.45, 2.75) is 33.6 Å². The average Bonchev–Trinajstić information content (AvgIpc) is 2.66. The molecule has 0 saturated carbocycles. The summed E-state index contributed by atoms with van der Waals surface area (Å²) in [6.45, 7) is 7.84. The fraction of sp³-hybridized carbons (Fsp3) is 0.409. The van der Waals surface area contributed by atoms with Crippen LogP contribution in [0.5, 0.6) is 0 Å². The van der Waals surface area contributed by atoms with Crippen molar-refractivity contribution in [2.75, 3.05) is 27.2 Å². The van der Waals surface area contributed by atoms with Crippen molar-refractivity contribution in [3.05, 3.63) is 59.7 Å². The smallest absolute Gasteiger partial charge is 0.251 e. The van der Waals surface area contributed by atoms with Crippen LogP contribution in [0, 0.1) is 0 Å². The van der Waals surface area contributed by atoms with Gasteiger partial charge in [-0.1, -0.05) is 57.2 Å². The Labute approximate surface area is 154 Å². The van der Waals surface area contributed by atoms with Crippen LogP contribution in [0.3, 0.4) is 0 Å². The van der Waals surface area contributed by atoms with Gasteiger partial charge < -0.3 is 10.2 Å². The highest BCUT2D eigenvalue weighted by molar-refractivity contribution is 5.94. The normalized spacial score (nSPS) is 10.2. The Hall–Kier alpha value is -2.13. The van der Waals surface area contributed by atoms with Gasteiger partial charge in [-0.2, -0.15) is 0 Å². The molecule has 0 bridgehead atoms. The second kappa shape index (κ2) is 11.4. The number of nitrogens with zero attached hydrogens (tertiary/aromatic N) is 1. The summed E-state index contributed by atoms with van der Waals surface area (Å²) in [5, 5.41) is 2.97. The molecule has 2 rings (SSSR count). The highest BCUT2D eigenvalue weighted by Gasteiger charge is 2.05. The van der Waals surface area contributed by atoms with E-state index < -0.39 is 0 Å². The van der Waals surface area contributed by atoms with Crippen molar-refractivity contribution in [3.63, 3.8) is 0 Å². The number of hydrogen-bond acceptors (Lipinski definition) is 2. The van der Waals surface area contributed by atoms with E-state index in [1.807, 2.05) is 52.2 Å². The van der Waals surface area contributed by atoms with Crippen LogP contribution in [0.1, 0.15) is 44.5 Å². The Morgan fingerprint density at radius 3 is 2.32 bits per heavy atom. The lowest BCUT2D eigenvalue weighted by molar-refractivity contribution is 0.0952. The monoisotopic (exact) mass is 342 g/mol. The first-order valence-electron chi connectivity index (χ1n) is 9.22. The molecular weight excluding hydrogens is 308 g/mol. The highest BCUT2D eigenvalue weighted by Crippen LogP contribution is 2.21. The van der Waals surface area contributed by atoms with Crippen LogP contribution in [0.15, 0.2) is 48.5 Å². The van der Waals surface area contributed by atoms with Crippen LogP contribution in [-0.4, -0.2) is 38.0 Å². The summed E-state index contributed by atoms with van der Waals surface area (Å²) in [5.41, 5.74) is 4.38. The molecule has 0 unspecified atom stereocenters. The lowest BCUT2D eigenvalue weighted by atomic mass is 10.0. The van der Waals surface area contributed by atoms with E-state index in [2.05, 4.69) is 41.4 Å². The minimum absolute atomic E-state index is 0.